The molecular weight excluding hydrogens is 268 g/mol. The number of hydrogen-bond acceptors (Lipinski definition) is 6. The van der Waals surface area contributed by atoms with Gasteiger partial charge < -0.3 is 15.0 Å². The van der Waals surface area contributed by atoms with Gasteiger partial charge in [-0.1, -0.05) is 0 Å². The first-order valence-electron chi connectivity index (χ1n) is 7.23. The summed E-state index contributed by atoms with van der Waals surface area (Å²) in [4.78, 5) is 20.3. The van der Waals surface area contributed by atoms with E-state index < -0.39 is 0 Å². The lowest BCUT2D eigenvalue weighted by Gasteiger charge is -2.37. The van der Waals surface area contributed by atoms with Crippen LogP contribution < -0.4 is 5.32 Å². The van der Waals surface area contributed by atoms with Crippen LogP contribution in [0.4, 0.5) is 0 Å². The van der Waals surface area contributed by atoms with Crippen LogP contribution in [0.3, 0.4) is 0 Å². The van der Waals surface area contributed by atoms with Crippen LogP contribution in [0.15, 0.2) is 18.3 Å². The molecule has 0 aliphatic carbocycles. The number of pyridine rings is 1. The molecule has 1 aromatic rings. The minimum atomic E-state index is -0.353. The van der Waals surface area contributed by atoms with E-state index in [1.807, 2.05) is 6.07 Å². The largest absolute Gasteiger partial charge is 0.465 e. The average Bonchev–Trinajstić information content (AvgIpc) is 2.50. The van der Waals surface area contributed by atoms with E-state index in [2.05, 4.69) is 38.9 Å². The summed E-state index contributed by atoms with van der Waals surface area (Å²) in [5.41, 5.74) is 1.41. The molecule has 1 N–H and O–H groups in total. The fourth-order valence-electron chi connectivity index (χ4n) is 2.46. The third-order valence-electron chi connectivity index (χ3n) is 3.91. The predicted molar refractivity (Wildman–Crippen MR) is 81.2 cm³/mol. The van der Waals surface area contributed by atoms with Gasteiger partial charge in [-0.2, -0.15) is 0 Å². The van der Waals surface area contributed by atoms with Gasteiger partial charge in [0.2, 0.25) is 0 Å². The van der Waals surface area contributed by atoms with E-state index in [4.69, 9.17) is 0 Å². The summed E-state index contributed by atoms with van der Waals surface area (Å²) in [6, 6.07) is 4.13. The van der Waals surface area contributed by atoms with E-state index in [1.165, 1.54) is 7.11 Å². The molecule has 1 aromatic heterocycles. The highest BCUT2D eigenvalue weighted by Gasteiger charge is 2.21. The summed E-state index contributed by atoms with van der Waals surface area (Å²) in [6.45, 7) is 4.95. The number of esters is 1. The zero-order chi connectivity index (χ0) is 15.2. The van der Waals surface area contributed by atoms with Crippen LogP contribution in [0.2, 0.25) is 0 Å². The summed E-state index contributed by atoms with van der Waals surface area (Å²) in [5, 5.41) is 3.44. The monoisotopic (exact) mass is 292 g/mol. The van der Waals surface area contributed by atoms with Crippen molar-refractivity contribution in [2.24, 2.45) is 0 Å². The van der Waals surface area contributed by atoms with Crippen molar-refractivity contribution in [2.75, 3.05) is 47.4 Å². The Hall–Kier alpha value is -1.50. The van der Waals surface area contributed by atoms with Crippen LogP contribution in [0.25, 0.3) is 0 Å². The lowest BCUT2D eigenvalue weighted by molar-refractivity contribution is 0.0600. The molecule has 1 aliphatic heterocycles. The van der Waals surface area contributed by atoms with Crippen LogP contribution in [0.1, 0.15) is 16.1 Å². The van der Waals surface area contributed by atoms with Crippen LogP contribution in [0, 0.1) is 0 Å². The zero-order valence-corrected chi connectivity index (χ0v) is 13.0. The molecule has 2 rings (SSSR count). The number of rotatable bonds is 5. The van der Waals surface area contributed by atoms with E-state index in [9.17, 15) is 4.79 Å². The molecule has 6 nitrogen and oxygen atoms in total. The number of carbonyl (C=O) groups is 1. The Balaban J connectivity index is 1.79. The van der Waals surface area contributed by atoms with Gasteiger partial charge in [0.1, 0.15) is 0 Å². The second kappa shape index (κ2) is 7.49. The fraction of sp³-hybridized carbons (Fsp3) is 0.600. The van der Waals surface area contributed by atoms with Crippen molar-refractivity contribution < 1.29 is 9.53 Å². The molecule has 116 valence electrons. The first-order chi connectivity index (χ1) is 10.1. The lowest BCUT2D eigenvalue weighted by Crippen LogP contribution is -2.53. The molecule has 0 spiro atoms. The number of nitrogens with one attached hydrogen (secondary N) is 1. The van der Waals surface area contributed by atoms with Crippen LogP contribution in [0.5, 0.6) is 0 Å². The summed E-state index contributed by atoms with van der Waals surface area (Å²) < 4.78 is 4.65. The van der Waals surface area contributed by atoms with Crippen LogP contribution in [-0.4, -0.2) is 74.2 Å². The molecule has 0 aromatic carbocycles. The second-order valence-corrected chi connectivity index (χ2v) is 5.56. The van der Waals surface area contributed by atoms with E-state index in [-0.39, 0.29) is 5.97 Å². The van der Waals surface area contributed by atoms with E-state index >= 15 is 0 Å². The van der Waals surface area contributed by atoms with Gasteiger partial charge in [-0.3, -0.25) is 9.88 Å². The third-order valence-corrected chi connectivity index (χ3v) is 3.91. The maximum absolute atomic E-state index is 11.3. The van der Waals surface area contributed by atoms with Gasteiger partial charge in [-0.05, 0) is 26.2 Å². The van der Waals surface area contributed by atoms with Gasteiger partial charge >= 0.3 is 5.97 Å². The standard InChI is InChI=1S/C15H24N4O2/c1-18-6-7-19(2)14(11-18)10-16-9-13-5-4-12(8-17-13)15(20)21-3/h4-5,8,14,16H,6-7,9-11H2,1-3H3. The molecule has 0 amide bonds. The van der Waals surface area contributed by atoms with Crippen LogP contribution >= 0.6 is 0 Å². The Morgan fingerprint density at radius 1 is 1.43 bits per heavy atom. The normalized spacial score (nSPS) is 20.4. The second-order valence-electron chi connectivity index (χ2n) is 5.56. The van der Waals surface area contributed by atoms with Gasteiger partial charge in [-0.25, -0.2) is 4.79 Å². The Bertz CT molecular complexity index is 463. The zero-order valence-electron chi connectivity index (χ0n) is 13.0. The van der Waals surface area contributed by atoms with Crippen LogP contribution in [-0.2, 0) is 11.3 Å². The molecule has 0 saturated carbocycles. The molecule has 6 heteroatoms. The van der Waals surface area contributed by atoms with Gasteiger partial charge in [0.25, 0.3) is 0 Å². The van der Waals surface area contributed by atoms with E-state index in [0.29, 0.717) is 18.2 Å². The third kappa shape index (κ3) is 4.49. The molecule has 0 radical (unpaired) electrons. The molecule has 2 heterocycles. The molecule has 1 atom stereocenters. The topological polar surface area (TPSA) is 57.7 Å². The summed E-state index contributed by atoms with van der Waals surface area (Å²) in [5.74, 6) is -0.353. The summed E-state index contributed by atoms with van der Waals surface area (Å²) in [7, 11) is 5.70. The maximum Gasteiger partial charge on any atom is 0.339 e. The van der Waals surface area contributed by atoms with Crippen molar-refractivity contribution in [3.8, 4) is 0 Å². The quantitative estimate of drug-likeness (QED) is 0.783. The molecule has 0 bridgehead atoms. The number of ether oxygens (including phenoxy) is 1. The highest BCUT2D eigenvalue weighted by Crippen LogP contribution is 2.06. The lowest BCUT2D eigenvalue weighted by atomic mass is 10.2. The smallest absolute Gasteiger partial charge is 0.339 e. The number of methoxy groups -OCH3 is 1. The Morgan fingerprint density at radius 2 is 2.24 bits per heavy atom. The number of aromatic nitrogens is 1. The first kappa shape index (κ1) is 15.9. The van der Waals surface area contributed by atoms with Crippen molar-refractivity contribution in [3.63, 3.8) is 0 Å². The molecule has 1 unspecified atom stereocenters. The first-order valence-corrected chi connectivity index (χ1v) is 7.23. The number of hydrogen-bond donors (Lipinski definition) is 1. The van der Waals surface area contributed by atoms with Crippen molar-refractivity contribution in [1.82, 2.24) is 20.1 Å². The fourth-order valence-corrected chi connectivity index (χ4v) is 2.46. The Kier molecular flexibility index (Phi) is 5.67. The minimum absolute atomic E-state index is 0.353. The number of nitrogens with zero attached hydrogens (tertiary/aromatic N) is 3. The van der Waals surface area contributed by atoms with Crippen molar-refractivity contribution in [2.45, 2.75) is 12.6 Å². The molecule has 1 fully saturated rings. The predicted octanol–water partition coefficient (Wildman–Crippen LogP) is 0.204. The number of likely N-dealkylation sites (N-methyl/N-ethyl adjacent to an activating group) is 2. The van der Waals surface area contributed by atoms with Gasteiger partial charge in [0.15, 0.2) is 0 Å². The number of carbonyl (C=O) groups excluding carboxylic acids is 1. The molecule has 1 aliphatic rings. The molecular formula is C15H24N4O2. The van der Waals surface area contributed by atoms with Gasteiger partial charge in [0, 0.05) is 45.0 Å². The van der Waals surface area contributed by atoms with Crippen molar-refractivity contribution >= 4 is 5.97 Å². The Labute approximate surface area is 126 Å². The molecule has 1 saturated heterocycles. The Morgan fingerprint density at radius 3 is 2.90 bits per heavy atom. The number of piperazine rings is 1. The highest BCUT2D eigenvalue weighted by molar-refractivity contribution is 5.88. The maximum atomic E-state index is 11.3. The minimum Gasteiger partial charge on any atom is -0.465 e. The van der Waals surface area contributed by atoms with E-state index in [0.717, 1.165) is 31.9 Å². The SMILES string of the molecule is COC(=O)c1ccc(CNCC2CN(C)CCN2C)nc1. The highest BCUT2D eigenvalue weighted by atomic mass is 16.5. The summed E-state index contributed by atoms with van der Waals surface area (Å²) in [6.07, 6.45) is 1.56. The van der Waals surface area contributed by atoms with E-state index in [1.54, 1.807) is 12.3 Å². The summed E-state index contributed by atoms with van der Waals surface area (Å²) >= 11 is 0. The average molecular weight is 292 g/mol. The van der Waals surface area contributed by atoms with Gasteiger partial charge in [0.05, 0.1) is 18.4 Å². The van der Waals surface area contributed by atoms with Gasteiger partial charge in [-0.15, -0.1) is 0 Å². The van der Waals surface area contributed by atoms with Crippen molar-refractivity contribution in [1.29, 1.82) is 0 Å². The van der Waals surface area contributed by atoms with Crippen molar-refractivity contribution in [3.05, 3.63) is 29.6 Å². The molecule has 21 heavy (non-hydrogen) atoms.